The lowest BCUT2D eigenvalue weighted by molar-refractivity contribution is -0.123. The SMILES string of the molecule is Cc1ccc(-n2nc3cc(C)c(NC(=O)C(C)(C)C)cc3n2)cc1. The van der Waals surface area contributed by atoms with Crippen LogP contribution < -0.4 is 5.32 Å². The summed E-state index contributed by atoms with van der Waals surface area (Å²) in [7, 11) is 0. The molecule has 0 spiro atoms. The van der Waals surface area contributed by atoms with Gasteiger partial charge in [-0.15, -0.1) is 10.2 Å². The van der Waals surface area contributed by atoms with Crippen molar-refractivity contribution in [3.8, 4) is 5.69 Å². The fourth-order valence-electron chi connectivity index (χ4n) is 2.31. The van der Waals surface area contributed by atoms with Gasteiger partial charge in [0.1, 0.15) is 11.0 Å². The molecule has 1 N–H and O–H groups in total. The first-order valence-electron chi connectivity index (χ1n) is 8.00. The number of fused-ring (bicyclic) bond motifs is 1. The van der Waals surface area contributed by atoms with Crippen molar-refractivity contribution >= 4 is 22.6 Å². The zero-order chi connectivity index (χ0) is 17.5. The predicted octanol–water partition coefficient (Wildman–Crippen LogP) is 4.02. The molecule has 1 aromatic heterocycles. The molecule has 5 nitrogen and oxygen atoms in total. The van der Waals surface area contributed by atoms with E-state index in [2.05, 4.69) is 15.5 Å². The van der Waals surface area contributed by atoms with Crippen LogP contribution in [-0.4, -0.2) is 20.9 Å². The quantitative estimate of drug-likeness (QED) is 0.775. The second kappa shape index (κ2) is 5.74. The summed E-state index contributed by atoms with van der Waals surface area (Å²) < 4.78 is 0. The molecule has 0 aliphatic carbocycles. The average Bonchev–Trinajstić information content (AvgIpc) is 2.90. The number of carbonyl (C=O) groups excluding carboxylic acids is 1. The standard InChI is InChI=1S/C19H22N4O/c1-12-6-8-14(9-7-12)23-21-16-10-13(2)15(11-17(16)22-23)20-18(24)19(3,4)5/h6-11H,1-5H3,(H,20,24). The number of hydrogen-bond donors (Lipinski definition) is 1. The van der Waals surface area contributed by atoms with Gasteiger partial charge in [-0.3, -0.25) is 4.79 Å². The smallest absolute Gasteiger partial charge is 0.229 e. The maximum atomic E-state index is 12.2. The second-order valence-electron chi connectivity index (χ2n) is 7.18. The number of aryl methyl sites for hydroxylation is 2. The van der Waals surface area contributed by atoms with Gasteiger partial charge in [0, 0.05) is 11.1 Å². The molecule has 3 rings (SSSR count). The van der Waals surface area contributed by atoms with Crippen LogP contribution in [0.1, 0.15) is 31.9 Å². The van der Waals surface area contributed by atoms with Crippen molar-refractivity contribution in [1.29, 1.82) is 0 Å². The van der Waals surface area contributed by atoms with Gasteiger partial charge in [-0.2, -0.15) is 4.80 Å². The Kier molecular flexibility index (Phi) is 3.87. The van der Waals surface area contributed by atoms with Crippen molar-refractivity contribution in [3.05, 3.63) is 47.5 Å². The van der Waals surface area contributed by atoms with E-state index < -0.39 is 5.41 Å². The molecule has 0 saturated heterocycles. The van der Waals surface area contributed by atoms with E-state index in [-0.39, 0.29) is 5.91 Å². The zero-order valence-corrected chi connectivity index (χ0v) is 14.7. The van der Waals surface area contributed by atoms with Gasteiger partial charge in [0.25, 0.3) is 0 Å². The average molecular weight is 322 g/mol. The molecule has 3 aromatic rings. The molecule has 5 heteroatoms. The summed E-state index contributed by atoms with van der Waals surface area (Å²) in [6.07, 6.45) is 0. The third-order valence-electron chi connectivity index (χ3n) is 3.92. The Bertz CT molecular complexity index is 902. The highest BCUT2D eigenvalue weighted by Crippen LogP contribution is 2.24. The zero-order valence-electron chi connectivity index (χ0n) is 14.7. The number of nitrogens with one attached hydrogen (secondary N) is 1. The molecule has 0 unspecified atom stereocenters. The van der Waals surface area contributed by atoms with Crippen LogP contribution in [0.25, 0.3) is 16.7 Å². The van der Waals surface area contributed by atoms with Crippen molar-refractivity contribution in [3.63, 3.8) is 0 Å². The number of benzene rings is 2. The largest absolute Gasteiger partial charge is 0.325 e. The lowest BCUT2D eigenvalue weighted by atomic mass is 9.95. The highest BCUT2D eigenvalue weighted by Gasteiger charge is 2.22. The van der Waals surface area contributed by atoms with E-state index in [0.29, 0.717) is 0 Å². The molecule has 1 heterocycles. The lowest BCUT2D eigenvalue weighted by Crippen LogP contribution is -2.27. The van der Waals surface area contributed by atoms with E-state index in [9.17, 15) is 4.79 Å². The summed E-state index contributed by atoms with van der Waals surface area (Å²) in [5, 5.41) is 12.1. The van der Waals surface area contributed by atoms with E-state index >= 15 is 0 Å². The summed E-state index contributed by atoms with van der Waals surface area (Å²) in [6.45, 7) is 9.69. The molecule has 0 fully saturated rings. The highest BCUT2D eigenvalue weighted by atomic mass is 16.2. The predicted molar refractivity (Wildman–Crippen MR) is 96.4 cm³/mol. The van der Waals surface area contributed by atoms with Crippen LogP contribution in [0.2, 0.25) is 0 Å². The molecule has 0 saturated carbocycles. The summed E-state index contributed by atoms with van der Waals surface area (Å²) in [5.41, 5.74) is 4.97. The monoisotopic (exact) mass is 322 g/mol. The third kappa shape index (κ3) is 3.15. The van der Waals surface area contributed by atoms with Crippen LogP contribution in [0, 0.1) is 19.3 Å². The van der Waals surface area contributed by atoms with Gasteiger partial charge in [0.2, 0.25) is 5.91 Å². The Morgan fingerprint density at radius 1 is 1.00 bits per heavy atom. The minimum Gasteiger partial charge on any atom is -0.325 e. The lowest BCUT2D eigenvalue weighted by Gasteiger charge is -2.18. The van der Waals surface area contributed by atoms with E-state index in [0.717, 1.165) is 28.0 Å². The minimum absolute atomic E-state index is 0.0177. The normalized spacial score (nSPS) is 11.7. The summed E-state index contributed by atoms with van der Waals surface area (Å²) in [4.78, 5) is 13.9. The topological polar surface area (TPSA) is 59.8 Å². The Labute approximate surface area is 141 Å². The molecule has 124 valence electrons. The molecule has 0 atom stereocenters. The highest BCUT2D eigenvalue weighted by molar-refractivity contribution is 5.97. The fourth-order valence-corrected chi connectivity index (χ4v) is 2.31. The maximum absolute atomic E-state index is 12.2. The first-order valence-corrected chi connectivity index (χ1v) is 8.00. The van der Waals surface area contributed by atoms with E-state index in [1.165, 1.54) is 5.56 Å². The van der Waals surface area contributed by atoms with Crippen molar-refractivity contribution in [2.45, 2.75) is 34.6 Å². The maximum Gasteiger partial charge on any atom is 0.229 e. The molecule has 2 aromatic carbocycles. The number of carbonyl (C=O) groups is 1. The number of aromatic nitrogens is 3. The van der Waals surface area contributed by atoms with Gasteiger partial charge in [-0.05, 0) is 43.7 Å². The second-order valence-corrected chi connectivity index (χ2v) is 7.18. The van der Waals surface area contributed by atoms with Gasteiger partial charge < -0.3 is 5.32 Å². The Morgan fingerprint density at radius 3 is 2.17 bits per heavy atom. The van der Waals surface area contributed by atoms with Crippen molar-refractivity contribution in [2.24, 2.45) is 5.41 Å². The molecule has 0 radical (unpaired) electrons. The Balaban J connectivity index is 1.99. The number of nitrogens with zero attached hydrogens (tertiary/aromatic N) is 3. The molecular formula is C19H22N4O. The first kappa shape index (κ1) is 16.2. The molecule has 24 heavy (non-hydrogen) atoms. The van der Waals surface area contributed by atoms with E-state index in [1.54, 1.807) is 4.80 Å². The van der Waals surface area contributed by atoms with Crippen LogP contribution >= 0.6 is 0 Å². The van der Waals surface area contributed by atoms with Crippen molar-refractivity contribution < 1.29 is 4.79 Å². The van der Waals surface area contributed by atoms with Crippen molar-refractivity contribution in [1.82, 2.24) is 15.0 Å². The molecular weight excluding hydrogens is 300 g/mol. The van der Waals surface area contributed by atoms with Crippen LogP contribution in [0.3, 0.4) is 0 Å². The van der Waals surface area contributed by atoms with Gasteiger partial charge in [-0.25, -0.2) is 0 Å². The van der Waals surface area contributed by atoms with Gasteiger partial charge >= 0.3 is 0 Å². The van der Waals surface area contributed by atoms with E-state index in [1.807, 2.05) is 71.0 Å². The molecule has 0 bridgehead atoms. The Hall–Kier alpha value is -2.69. The summed E-state index contributed by atoms with van der Waals surface area (Å²) >= 11 is 0. The Morgan fingerprint density at radius 2 is 1.58 bits per heavy atom. The fraction of sp³-hybridized carbons (Fsp3) is 0.316. The van der Waals surface area contributed by atoms with Gasteiger partial charge in [0.15, 0.2) is 0 Å². The van der Waals surface area contributed by atoms with Crippen LogP contribution in [-0.2, 0) is 4.79 Å². The molecule has 0 aliphatic rings. The third-order valence-corrected chi connectivity index (χ3v) is 3.92. The number of hydrogen-bond acceptors (Lipinski definition) is 3. The minimum atomic E-state index is -0.444. The van der Waals surface area contributed by atoms with Gasteiger partial charge in [0.05, 0.1) is 5.69 Å². The van der Waals surface area contributed by atoms with E-state index in [4.69, 9.17) is 0 Å². The van der Waals surface area contributed by atoms with Gasteiger partial charge in [-0.1, -0.05) is 38.5 Å². The van der Waals surface area contributed by atoms with Crippen LogP contribution in [0.5, 0.6) is 0 Å². The summed E-state index contributed by atoms with van der Waals surface area (Å²) in [6, 6.07) is 11.9. The summed E-state index contributed by atoms with van der Waals surface area (Å²) in [5.74, 6) is -0.0177. The number of amides is 1. The first-order chi connectivity index (χ1) is 11.2. The van der Waals surface area contributed by atoms with Crippen LogP contribution in [0.4, 0.5) is 5.69 Å². The number of anilines is 1. The van der Waals surface area contributed by atoms with Crippen LogP contribution in [0.15, 0.2) is 36.4 Å². The number of rotatable bonds is 2. The van der Waals surface area contributed by atoms with Crippen molar-refractivity contribution in [2.75, 3.05) is 5.32 Å². The molecule has 0 aliphatic heterocycles. The molecule has 1 amide bonds.